The molecule has 1 aliphatic carbocycles. The summed E-state index contributed by atoms with van der Waals surface area (Å²) in [6, 6.07) is 7.97. The van der Waals surface area contributed by atoms with E-state index in [-0.39, 0.29) is 11.8 Å². The van der Waals surface area contributed by atoms with Crippen molar-refractivity contribution in [3.05, 3.63) is 40.7 Å². The molecule has 1 aromatic carbocycles. The Morgan fingerprint density at radius 1 is 1.21 bits per heavy atom. The van der Waals surface area contributed by atoms with Crippen LogP contribution in [0, 0.1) is 5.92 Å². The van der Waals surface area contributed by atoms with Crippen molar-refractivity contribution in [2.24, 2.45) is 5.92 Å². The van der Waals surface area contributed by atoms with Crippen LogP contribution in [0.25, 0.3) is 11.1 Å². The molecule has 1 saturated heterocycles. The molecule has 1 amide bonds. The van der Waals surface area contributed by atoms with Gasteiger partial charge in [-0.1, -0.05) is 16.8 Å². The van der Waals surface area contributed by atoms with E-state index in [1.165, 1.54) is 12.8 Å². The van der Waals surface area contributed by atoms with E-state index in [1.807, 2.05) is 12.1 Å². The molecular formula is C20H21ClN4O3. The number of rotatable bonds is 5. The summed E-state index contributed by atoms with van der Waals surface area (Å²) in [5, 5.41) is 7.66. The summed E-state index contributed by atoms with van der Waals surface area (Å²) in [4.78, 5) is 19.1. The Labute approximate surface area is 167 Å². The average molecular weight is 401 g/mol. The SMILES string of the molecule is O=C(NCc1cc(C2CC2)on1)C1CCN(c2nc3ccc(Cl)cc3o2)CC1. The topological polar surface area (TPSA) is 84.4 Å². The Hall–Kier alpha value is -2.54. The van der Waals surface area contributed by atoms with E-state index in [1.54, 1.807) is 12.1 Å². The fourth-order valence-electron chi connectivity index (χ4n) is 3.65. The normalized spacial score (nSPS) is 18.0. The van der Waals surface area contributed by atoms with Gasteiger partial charge in [0, 0.05) is 42.1 Å². The minimum Gasteiger partial charge on any atom is -0.423 e. The van der Waals surface area contributed by atoms with Crippen LogP contribution in [0.4, 0.5) is 6.01 Å². The number of carbonyl (C=O) groups excluding carboxylic acids is 1. The number of nitrogens with one attached hydrogen (secondary N) is 1. The number of benzene rings is 1. The van der Waals surface area contributed by atoms with Gasteiger partial charge in [0.15, 0.2) is 5.58 Å². The lowest BCUT2D eigenvalue weighted by molar-refractivity contribution is -0.125. The molecule has 1 N–H and O–H groups in total. The maximum absolute atomic E-state index is 12.5. The van der Waals surface area contributed by atoms with Crippen LogP contribution < -0.4 is 10.2 Å². The van der Waals surface area contributed by atoms with Crippen LogP contribution in [0.15, 0.2) is 33.2 Å². The Morgan fingerprint density at radius 3 is 2.82 bits per heavy atom. The molecule has 28 heavy (non-hydrogen) atoms. The standard InChI is InChI=1S/C20H21ClN4O3/c21-14-3-4-16-18(9-14)27-20(23-16)25-7-5-13(6-8-25)19(26)22-11-15-10-17(28-24-15)12-1-2-12/h3-4,9-10,12-13H,1-2,5-8,11H2,(H,22,26). The predicted octanol–water partition coefficient (Wildman–Crippen LogP) is 3.88. The quantitative estimate of drug-likeness (QED) is 0.699. The number of halogens is 1. The van der Waals surface area contributed by atoms with Crippen molar-refractivity contribution in [2.75, 3.05) is 18.0 Å². The number of nitrogens with zero attached hydrogens (tertiary/aromatic N) is 3. The minimum atomic E-state index is -0.00937. The van der Waals surface area contributed by atoms with Crippen molar-refractivity contribution >= 4 is 34.6 Å². The zero-order valence-corrected chi connectivity index (χ0v) is 16.1. The van der Waals surface area contributed by atoms with Gasteiger partial charge in [0.05, 0.1) is 6.54 Å². The molecule has 2 aliphatic rings. The molecule has 0 spiro atoms. The molecular weight excluding hydrogens is 380 g/mol. The number of hydrogen-bond acceptors (Lipinski definition) is 6. The maximum Gasteiger partial charge on any atom is 0.298 e. The molecule has 3 heterocycles. The first-order chi connectivity index (χ1) is 13.7. The van der Waals surface area contributed by atoms with Crippen LogP contribution in [-0.4, -0.2) is 29.1 Å². The van der Waals surface area contributed by atoms with Crippen molar-refractivity contribution < 1.29 is 13.7 Å². The van der Waals surface area contributed by atoms with Crippen molar-refractivity contribution in [3.63, 3.8) is 0 Å². The van der Waals surface area contributed by atoms with Gasteiger partial charge in [0.25, 0.3) is 6.01 Å². The Bertz CT molecular complexity index is 1000. The molecule has 2 fully saturated rings. The lowest BCUT2D eigenvalue weighted by atomic mass is 9.96. The van der Waals surface area contributed by atoms with Gasteiger partial charge in [-0.3, -0.25) is 4.79 Å². The Kier molecular flexibility index (Phi) is 4.47. The van der Waals surface area contributed by atoms with E-state index in [0.29, 0.717) is 29.1 Å². The molecule has 146 valence electrons. The number of amides is 1. The summed E-state index contributed by atoms with van der Waals surface area (Å²) >= 11 is 6.01. The summed E-state index contributed by atoms with van der Waals surface area (Å²) in [6.07, 6.45) is 3.87. The lowest BCUT2D eigenvalue weighted by Crippen LogP contribution is -2.40. The van der Waals surface area contributed by atoms with E-state index < -0.39 is 0 Å². The van der Waals surface area contributed by atoms with Crippen LogP contribution in [0.2, 0.25) is 5.02 Å². The summed E-state index contributed by atoms with van der Waals surface area (Å²) in [7, 11) is 0. The first kappa shape index (κ1) is 17.6. The molecule has 0 atom stereocenters. The third-order valence-corrected chi connectivity index (χ3v) is 5.71. The zero-order chi connectivity index (χ0) is 19.1. The molecule has 1 aliphatic heterocycles. The number of carbonyl (C=O) groups is 1. The highest BCUT2D eigenvalue weighted by molar-refractivity contribution is 6.31. The van der Waals surface area contributed by atoms with Crippen LogP contribution in [0.5, 0.6) is 0 Å². The summed E-state index contributed by atoms with van der Waals surface area (Å²) < 4.78 is 11.2. The molecule has 0 bridgehead atoms. The molecule has 3 aromatic rings. The molecule has 0 unspecified atom stereocenters. The Balaban J connectivity index is 1.15. The van der Waals surface area contributed by atoms with Crippen LogP contribution in [-0.2, 0) is 11.3 Å². The van der Waals surface area contributed by atoms with E-state index in [4.69, 9.17) is 20.5 Å². The van der Waals surface area contributed by atoms with E-state index in [9.17, 15) is 4.79 Å². The van der Waals surface area contributed by atoms with Gasteiger partial charge < -0.3 is 19.2 Å². The van der Waals surface area contributed by atoms with Crippen LogP contribution >= 0.6 is 11.6 Å². The van der Waals surface area contributed by atoms with Crippen LogP contribution in [0.1, 0.15) is 43.1 Å². The van der Waals surface area contributed by atoms with Crippen molar-refractivity contribution in [1.29, 1.82) is 0 Å². The zero-order valence-electron chi connectivity index (χ0n) is 15.4. The van der Waals surface area contributed by atoms with Gasteiger partial charge >= 0.3 is 0 Å². The lowest BCUT2D eigenvalue weighted by Gasteiger charge is -2.30. The van der Waals surface area contributed by atoms with E-state index >= 15 is 0 Å². The predicted molar refractivity (Wildman–Crippen MR) is 104 cm³/mol. The third-order valence-electron chi connectivity index (χ3n) is 5.48. The number of oxazole rings is 1. The first-order valence-corrected chi connectivity index (χ1v) is 10.1. The molecule has 5 rings (SSSR count). The number of aromatic nitrogens is 2. The van der Waals surface area contributed by atoms with Gasteiger partial charge in [-0.15, -0.1) is 0 Å². The highest BCUT2D eigenvalue weighted by atomic mass is 35.5. The van der Waals surface area contributed by atoms with Gasteiger partial charge in [0.1, 0.15) is 17.0 Å². The van der Waals surface area contributed by atoms with Crippen molar-refractivity contribution in [3.8, 4) is 0 Å². The fraction of sp³-hybridized carbons (Fsp3) is 0.450. The smallest absolute Gasteiger partial charge is 0.298 e. The fourth-order valence-corrected chi connectivity index (χ4v) is 3.81. The second-order valence-electron chi connectivity index (χ2n) is 7.58. The molecule has 0 radical (unpaired) electrons. The first-order valence-electron chi connectivity index (χ1n) is 9.70. The monoisotopic (exact) mass is 400 g/mol. The highest BCUT2D eigenvalue weighted by Gasteiger charge is 2.29. The van der Waals surface area contributed by atoms with E-state index in [0.717, 1.165) is 42.9 Å². The number of piperidine rings is 1. The van der Waals surface area contributed by atoms with Crippen molar-refractivity contribution in [2.45, 2.75) is 38.1 Å². The van der Waals surface area contributed by atoms with Gasteiger partial charge in [-0.2, -0.15) is 4.98 Å². The third kappa shape index (κ3) is 3.58. The number of fused-ring (bicyclic) bond motifs is 1. The molecule has 2 aromatic heterocycles. The summed E-state index contributed by atoms with van der Waals surface area (Å²) in [5.74, 6) is 1.53. The summed E-state index contributed by atoms with van der Waals surface area (Å²) in [5.41, 5.74) is 2.26. The second kappa shape index (κ2) is 7.13. The van der Waals surface area contributed by atoms with Gasteiger partial charge in [-0.25, -0.2) is 0 Å². The molecule has 1 saturated carbocycles. The molecule has 7 nitrogen and oxygen atoms in total. The van der Waals surface area contributed by atoms with Gasteiger partial charge in [-0.05, 0) is 37.8 Å². The van der Waals surface area contributed by atoms with E-state index in [2.05, 4.69) is 20.4 Å². The summed E-state index contributed by atoms with van der Waals surface area (Å²) in [6.45, 7) is 1.88. The average Bonchev–Trinajstić information content (AvgIpc) is 3.30. The van der Waals surface area contributed by atoms with Crippen molar-refractivity contribution in [1.82, 2.24) is 15.5 Å². The minimum absolute atomic E-state index is 0.00937. The van der Waals surface area contributed by atoms with Gasteiger partial charge in [0.2, 0.25) is 5.91 Å². The number of hydrogen-bond donors (Lipinski definition) is 1. The highest BCUT2D eigenvalue weighted by Crippen LogP contribution is 2.40. The second-order valence-corrected chi connectivity index (χ2v) is 8.02. The van der Waals surface area contributed by atoms with Crippen LogP contribution in [0.3, 0.4) is 0 Å². The Morgan fingerprint density at radius 2 is 2.04 bits per heavy atom. The maximum atomic E-state index is 12.5. The largest absolute Gasteiger partial charge is 0.423 e. The number of anilines is 1. The molecule has 8 heteroatoms.